The van der Waals surface area contributed by atoms with E-state index in [2.05, 4.69) is 26.6 Å². The van der Waals surface area contributed by atoms with Gasteiger partial charge in [0, 0.05) is 49.5 Å². The molecule has 0 unspecified atom stereocenters. The van der Waals surface area contributed by atoms with Crippen LogP contribution in [0.15, 0.2) is 16.8 Å². The molecule has 2 aliphatic carbocycles. The Balaban J connectivity index is 1.38. The lowest BCUT2D eigenvalue weighted by molar-refractivity contribution is -0.140. The molecular formula is C21H30N2OS. The fraction of sp³-hybridized carbons (Fsp3) is 0.762. The minimum Gasteiger partial charge on any atom is -0.338 e. The number of thiophene rings is 1. The fourth-order valence-corrected chi connectivity index (χ4v) is 6.57. The van der Waals surface area contributed by atoms with Gasteiger partial charge in [-0.2, -0.15) is 11.3 Å². The normalized spacial score (nSPS) is 34.2. The Morgan fingerprint density at radius 3 is 2.56 bits per heavy atom. The van der Waals surface area contributed by atoms with Gasteiger partial charge in [-0.05, 0) is 54.5 Å². The van der Waals surface area contributed by atoms with E-state index in [4.69, 9.17) is 0 Å². The maximum absolute atomic E-state index is 13.1. The second kappa shape index (κ2) is 6.70. The maximum atomic E-state index is 13.1. The molecule has 2 saturated heterocycles. The summed E-state index contributed by atoms with van der Waals surface area (Å²) >= 11 is 1.81. The number of hydrogen-bond donors (Lipinski definition) is 0. The van der Waals surface area contributed by atoms with Gasteiger partial charge in [-0.3, -0.25) is 9.69 Å². The summed E-state index contributed by atoms with van der Waals surface area (Å²) in [6.45, 7) is 3.39. The molecule has 4 fully saturated rings. The molecule has 3 heterocycles. The van der Waals surface area contributed by atoms with Crippen LogP contribution < -0.4 is 0 Å². The number of piperidine rings is 1. The summed E-state index contributed by atoms with van der Waals surface area (Å²) in [5.41, 5.74) is 1.48. The van der Waals surface area contributed by atoms with E-state index in [1.807, 2.05) is 0 Å². The molecule has 0 aromatic carbocycles. The van der Waals surface area contributed by atoms with Gasteiger partial charge in [-0.15, -0.1) is 0 Å². The fourth-order valence-electron chi connectivity index (χ4n) is 5.84. The van der Waals surface area contributed by atoms with Gasteiger partial charge in [0.25, 0.3) is 0 Å². The second-order valence-electron chi connectivity index (χ2n) is 8.73. The van der Waals surface area contributed by atoms with Crippen LogP contribution in [0, 0.1) is 11.8 Å². The first-order valence-electron chi connectivity index (χ1n) is 10.4. The number of rotatable bonds is 3. The molecule has 0 spiro atoms. The molecule has 1 amide bonds. The number of carbonyl (C=O) groups excluding carboxylic acids is 1. The van der Waals surface area contributed by atoms with E-state index in [1.54, 1.807) is 11.3 Å². The van der Waals surface area contributed by atoms with Crippen LogP contribution in [0.25, 0.3) is 0 Å². The van der Waals surface area contributed by atoms with E-state index in [9.17, 15) is 4.79 Å². The predicted octanol–water partition coefficient (Wildman–Crippen LogP) is 4.11. The zero-order valence-corrected chi connectivity index (χ0v) is 15.9. The zero-order chi connectivity index (χ0) is 16.8. The summed E-state index contributed by atoms with van der Waals surface area (Å²) < 4.78 is 0. The zero-order valence-electron chi connectivity index (χ0n) is 15.1. The molecule has 0 N–H and O–H groups in total. The highest BCUT2D eigenvalue weighted by Gasteiger charge is 2.49. The van der Waals surface area contributed by atoms with Gasteiger partial charge in [0.05, 0.1) is 0 Å². The van der Waals surface area contributed by atoms with Gasteiger partial charge in [0.15, 0.2) is 0 Å². The monoisotopic (exact) mass is 358 g/mol. The first-order valence-corrected chi connectivity index (χ1v) is 11.3. The van der Waals surface area contributed by atoms with Crippen molar-refractivity contribution in [3.63, 3.8) is 0 Å². The summed E-state index contributed by atoms with van der Waals surface area (Å²) in [6.07, 6.45) is 10.3. The minimum atomic E-state index is 0.342. The maximum Gasteiger partial charge on any atom is 0.225 e. The van der Waals surface area contributed by atoms with E-state index in [0.717, 1.165) is 25.4 Å². The summed E-state index contributed by atoms with van der Waals surface area (Å²) in [7, 11) is 0. The minimum absolute atomic E-state index is 0.342. The summed E-state index contributed by atoms with van der Waals surface area (Å²) in [5.74, 6) is 2.03. The third-order valence-corrected chi connectivity index (χ3v) is 8.21. The number of nitrogens with zero attached hydrogens (tertiary/aromatic N) is 2. The van der Waals surface area contributed by atoms with Crippen LogP contribution >= 0.6 is 11.3 Å². The Bertz CT molecular complexity index is 605. The van der Waals surface area contributed by atoms with Crippen LogP contribution in [0.2, 0.25) is 0 Å². The van der Waals surface area contributed by atoms with Crippen molar-refractivity contribution in [1.82, 2.24) is 9.80 Å². The molecule has 2 saturated carbocycles. The van der Waals surface area contributed by atoms with E-state index in [-0.39, 0.29) is 0 Å². The lowest BCUT2D eigenvalue weighted by atomic mass is 9.81. The van der Waals surface area contributed by atoms with Crippen molar-refractivity contribution in [1.29, 1.82) is 0 Å². The van der Waals surface area contributed by atoms with E-state index in [0.29, 0.717) is 29.7 Å². The van der Waals surface area contributed by atoms with Gasteiger partial charge in [-0.25, -0.2) is 0 Å². The Kier molecular flexibility index (Phi) is 4.37. The number of fused-ring (bicyclic) bond motifs is 1. The Labute approximate surface area is 155 Å². The largest absolute Gasteiger partial charge is 0.338 e. The van der Waals surface area contributed by atoms with Gasteiger partial charge in [-0.1, -0.05) is 19.3 Å². The number of hydrogen-bond acceptors (Lipinski definition) is 3. The molecule has 3 nitrogen and oxygen atoms in total. The van der Waals surface area contributed by atoms with Gasteiger partial charge < -0.3 is 4.90 Å². The Hall–Kier alpha value is -0.870. The van der Waals surface area contributed by atoms with Crippen molar-refractivity contribution < 1.29 is 4.79 Å². The van der Waals surface area contributed by atoms with Crippen LogP contribution in [0.1, 0.15) is 62.8 Å². The average Bonchev–Trinajstić information content (AvgIpc) is 3.32. The van der Waals surface area contributed by atoms with Crippen LogP contribution in [0.3, 0.4) is 0 Å². The Morgan fingerprint density at radius 1 is 1.04 bits per heavy atom. The first kappa shape index (κ1) is 16.3. The lowest BCUT2D eigenvalue weighted by Gasteiger charge is -2.42. The lowest BCUT2D eigenvalue weighted by Crippen LogP contribution is -2.51. The van der Waals surface area contributed by atoms with Crippen molar-refractivity contribution in [2.45, 2.75) is 69.4 Å². The molecule has 25 heavy (non-hydrogen) atoms. The molecule has 4 heteroatoms. The molecular weight excluding hydrogens is 328 g/mol. The second-order valence-corrected chi connectivity index (χ2v) is 9.51. The van der Waals surface area contributed by atoms with Gasteiger partial charge >= 0.3 is 0 Å². The molecule has 136 valence electrons. The third kappa shape index (κ3) is 2.86. The van der Waals surface area contributed by atoms with Crippen LogP contribution in [0.5, 0.6) is 0 Å². The highest BCUT2D eigenvalue weighted by molar-refractivity contribution is 7.08. The highest BCUT2D eigenvalue weighted by atomic mass is 32.1. The number of likely N-dealkylation sites (tertiary alicyclic amines) is 2. The predicted molar refractivity (Wildman–Crippen MR) is 102 cm³/mol. The van der Waals surface area contributed by atoms with E-state index < -0.39 is 0 Å². The van der Waals surface area contributed by atoms with Crippen molar-refractivity contribution in [2.24, 2.45) is 11.8 Å². The molecule has 1 aromatic rings. The standard InChI is InChI=1S/C21H30N2OS/c24-21(15-4-3-5-15)23-13-18(16-9-11-25-14-16)19-12-22(10-8-20(19)23)17-6-1-2-7-17/h9,11,14-15,17-20H,1-8,10,12-13H2/t18-,19-,20-/m0/s1. The van der Waals surface area contributed by atoms with Crippen LogP contribution in [-0.4, -0.2) is 47.4 Å². The molecule has 0 radical (unpaired) electrons. The smallest absolute Gasteiger partial charge is 0.225 e. The topological polar surface area (TPSA) is 23.6 Å². The number of carbonyl (C=O) groups is 1. The van der Waals surface area contributed by atoms with Crippen molar-refractivity contribution in [3.8, 4) is 0 Å². The van der Waals surface area contributed by atoms with Crippen molar-refractivity contribution >= 4 is 17.2 Å². The van der Waals surface area contributed by atoms with Crippen molar-refractivity contribution in [2.75, 3.05) is 19.6 Å². The SMILES string of the molecule is O=C(C1CCC1)N1C[C@@H](c2ccsc2)[C@@H]2CN(C3CCCC3)CC[C@@H]21. The molecule has 1 aromatic heterocycles. The van der Waals surface area contributed by atoms with Crippen molar-refractivity contribution in [3.05, 3.63) is 22.4 Å². The summed E-state index contributed by atoms with van der Waals surface area (Å²) in [6, 6.07) is 3.62. The third-order valence-electron chi connectivity index (χ3n) is 7.51. The quantitative estimate of drug-likeness (QED) is 0.812. The Morgan fingerprint density at radius 2 is 1.88 bits per heavy atom. The summed E-state index contributed by atoms with van der Waals surface area (Å²) in [4.78, 5) is 18.2. The molecule has 2 aliphatic heterocycles. The first-order chi connectivity index (χ1) is 12.3. The molecule has 5 rings (SSSR count). The average molecular weight is 359 g/mol. The van der Waals surface area contributed by atoms with Gasteiger partial charge in [0.1, 0.15) is 0 Å². The van der Waals surface area contributed by atoms with Crippen LogP contribution in [-0.2, 0) is 4.79 Å². The molecule has 0 bridgehead atoms. The summed E-state index contributed by atoms with van der Waals surface area (Å²) in [5, 5.41) is 4.53. The molecule has 4 aliphatic rings. The van der Waals surface area contributed by atoms with Crippen LogP contribution in [0.4, 0.5) is 0 Å². The van der Waals surface area contributed by atoms with E-state index >= 15 is 0 Å². The van der Waals surface area contributed by atoms with E-state index in [1.165, 1.54) is 57.2 Å². The number of amides is 1. The van der Waals surface area contributed by atoms with Gasteiger partial charge in [0.2, 0.25) is 5.91 Å². The molecule has 3 atom stereocenters. The highest BCUT2D eigenvalue weighted by Crippen LogP contribution is 2.45.